The zero-order valence-corrected chi connectivity index (χ0v) is 11.1. The fourth-order valence-corrected chi connectivity index (χ4v) is 1.94. The van der Waals surface area contributed by atoms with E-state index in [2.05, 4.69) is 12.2 Å². The van der Waals surface area contributed by atoms with Gasteiger partial charge in [-0.05, 0) is 30.5 Å². The van der Waals surface area contributed by atoms with Gasteiger partial charge in [0.15, 0.2) is 6.04 Å². The zero-order valence-electron chi connectivity index (χ0n) is 11.1. The summed E-state index contributed by atoms with van der Waals surface area (Å²) in [4.78, 5) is 22.1. The van der Waals surface area contributed by atoms with Gasteiger partial charge in [0, 0.05) is 12.0 Å². The molecule has 20 heavy (non-hydrogen) atoms. The predicted molar refractivity (Wildman–Crippen MR) is 70.9 cm³/mol. The zero-order chi connectivity index (χ0) is 14.7. The summed E-state index contributed by atoms with van der Waals surface area (Å²) >= 11 is 0. The number of aliphatic carboxylic acids is 1. The number of nitrogens with one attached hydrogen (secondary N) is 1. The lowest BCUT2D eigenvalue weighted by Crippen LogP contribution is -2.42. The van der Waals surface area contributed by atoms with E-state index >= 15 is 0 Å². The van der Waals surface area contributed by atoms with Crippen LogP contribution in [0.2, 0.25) is 0 Å². The first kappa shape index (κ1) is 14.3. The fourth-order valence-electron chi connectivity index (χ4n) is 1.94. The molecule has 3 N–H and O–H groups in total. The predicted octanol–water partition coefficient (Wildman–Crippen LogP) is 0.978. The summed E-state index contributed by atoms with van der Waals surface area (Å²) < 4.78 is 5.57. The van der Waals surface area contributed by atoms with E-state index in [0.717, 1.165) is 12.2 Å². The molecular formula is C14H17NO5. The fraction of sp³-hybridized carbons (Fsp3) is 0.429. The lowest BCUT2D eigenvalue weighted by Gasteiger charge is -2.08. The Morgan fingerprint density at radius 3 is 2.80 bits per heavy atom. The molecule has 0 aliphatic heterocycles. The largest absolute Gasteiger partial charge is 0.480 e. The Hall–Kier alpha value is -2.08. The number of carbonyl (C=O) groups is 2. The van der Waals surface area contributed by atoms with Crippen LogP contribution in [-0.4, -0.2) is 34.7 Å². The smallest absolute Gasteiger partial charge is 0.328 e. The van der Waals surface area contributed by atoms with Crippen molar-refractivity contribution in [3.63, 3.8) is 0 Å². The average molecular weight is 279 g/mol. The number of furan rings is 1. The molecule has 1 aromatic heterocycles. The van der Waals surface area contributed by atoms with Crippen molar-refractivity contribution < 1.29 is 24.2 Å². The van der Waals surface area contributed by atoms with Crippen LogP contribution in [0, 0.1) is 5.92 Å². The van der Waals surface area contributed by atoms with Crippen molar-refractivity contribution >= 4 is 18.0 Å². The van der Waals surface area contributed by atoms with Gasteiger partial charge < -0.3 is 19.9 Å². The van der Waals surface area contributed by atoms with Crippen LogP contribution < -0.4 is 5.32 Å². The monoisotopic (exact) mass is 279 g/mol. The number of hydrogen-bond donors (Lipinski definition) is 3. The molecule has 2 rings (SSSR count). The molecule has 3 atom stereocenters. The second-order valence-electron chi connectivity index (χ2n) is 4.97. The molecule has 3 unspecified atom stereocenters. The topological polar surface area (TPSA) is 99.8 Å². The van der Waals surface area contributed by atoms with E-state index in [1.165, 1.54) is 12.2 Å². The van der Waals surface area contributed by atoms with E-state index in [0.29, 0.717) is 17.6 Å². The maximum atomic E-state index is 11.5. The molecule has 1 fully saturated rings. The molecule has 0 bridgehead atoms. The van der Waals surface area contributed by atoms with Crippen molar-refractivity contribution in [3.05, 3.63) is 29.7 Å². The van der Waals surface area contributed by atoms with Crippen LogP contribution in [0.15, 0.2) is 22.6 Å². The van der Waals surface area contributed by atoms with E-state index in [-0.39, 0.29) is 0 Å². The summed E-state index contributed by atoms with van der Waals surface area (Å²) in [5.41, 5.74) is 0. The van der Waals surface area contributed by atoms with Crippen molar-refractivity contribution in [3.8, 4) is 0 Å². The minimum absolute atomic E-state index is 0.469. The molecule has 0 radical (unpaired) electrons. The van der Waals surface area contributed by atoms with Gasteiger partial charge >= 0.3 is 5.97 Å². The third-order valence-electron chi connectivity index (χ3n) is 3.32. The third-order valence-corrected chi connectivity index (χ3v) is 3.32. The summed E-state index contributed by atoms with van der Waals surface area (Å²) in [6.45, 7) is 1.50. The molecule has 1 aliphatic carbocycles. The Kier molecular flexibility index (Phi) is 4.24. The van der Waals surface area contributed by atoms with Crippen LogP contribution in [0.5, 0.6) is 0 Å². The minimum Gasteiger partial charge on any atom is -0.480 e. The second-order valence-corrected chi connectivity index (χ2v) is 4.97. The first-order valence-corrected chi connectivity index (χ1v) is 6.43. The number of aliphatic hydroxyl groups excluding tert-OH is 1. The van der Waals surface area contributed by atoms with Gasteiger partial charge in [0.1, 0.15) is 11.5 Å². The molecule has 6 nitrogen and oxygen atoms in total. The quantitative estimate of drug-likeness (QED) is 0.674. The van der Waals surface area contributed by atoms with E-state index in [1.54, 1.807) is 6.07 Å². The standard InChI is InChI=1S/C14H17NO5/c1-8-6-10(8)12-4-2-9(20-12)3-5-13(17)15-11(7-16)14(18)19/h2-5,8,10-11,16H,6-7H2,1H3,(H,15,17)(H,18,19)/b5-3+. The molecule has 6 heteroatoms. The van der Waals surface area contributed by atoms with Crippen molar-refractivity contribution in [2.45, 2.75) is 25.3 Å². The van der Waals surface area contributed by atoms with Crippen molar-refractivity contribution in [2.24, 2.45) is 5.92 Å². The number of carboxylic acids is 1. The number of carbonyl (C=O) groups excluding carboxylic acids is 1. The molecular weight excluding hydrogens is 262 g/mol. The number of rotatable bonds is 6. The number of amides is 1. The van der Waals surface area contributed by atoms with Gasteiger partial charge in [-0.3, -0.25) is 4.79 Å². The van der Waals surface area contributed by atoms with E-state index in [9.17, 15) is 9.59 Å². The molecule has 108 valence electrons. The number of carboxylic acid groups (broad SMARTS) is 1. The Labute approximate surface area is 116 Å². The van der Waals surface area contributed by atoms with Crippen LogP contribution >= 0.6 is 0 Å². The average Bonchev–Trinajstić information content (AvgIpc) is 2.96. The van der Waals surface area contributed by atoms with Crippen LogP contribution in [0.25, 0.3) is 6.08 Å². The maximum Gasteiger partial charge on any atom is 0.328 e. The molecule has 0 saturated heterocycles. The van der Waals surface area contributed by atoms with Crippen LogP contribution in [0.4, 0.5) is 0 Å². The molecule has 1 aliphatic rings. The van der Waals surface area contributed by atoms with Crippen LogP contribution in [0.1, 0.15) is 30.8 Å². The summed E-state index contributed by atoms with van der Waals surface area (Å²) in [6.07, 6.45) is 3.78. The Morgan fingerprint density at radius 2 is 2.25 bits per heavy atom. The van der Waals surface area contributed by atoms with Gasteiger partial charge in [0.25, 0.3) is 0 Å². The number of hydrogen-bond acceptors (Lipinski definition) is 4. The minimum atomic E-state index is -1.30. The molecule has 1 heterocycles. The highest BCUT2D eigenvalue weighted by molar-refractivity contribution is 5.94. The lowest BCUT2D eigenvalue weighted by atomic mass is 10.3. The molecule has 1 saturated carbocycles. The Bertz CT molecular complexity index is 533. The lowest BCUT2D eigenvalue weighted by molar-refractivity contribution is -0.142. The van der Waals surface area contributed by atoms with Gasteiger partial charge in [-0.1, -0.05) is 6.92 Å². The van der Waals surface area contributed by atoms with E-state index in [1.807, 2.05) is 6.07 Å². The molecule has 0 spiro atoms. The van der Waals surface area contributed by atoms with Gasteiger partial charge in [-0.15, -0.1) is 0 Å². The Morgan fingerprint density at radius 1 is 1.55 bits per heavy atom. The summed E-state index contributed by atoms with van der Waals surface area (Å²) in [6, 6.07) is 2.36. The van der Waals surface area contributed by atoms with Crippen molar-refractivity contribution in [1.82, 2.24) is 5.32 Å². The highest BCUT2D eigenvalue weighted by Crippen LogP contribution is 2.47. The molecule has 1 amide bonds. The van der Waals surface area contributed by atoms with Gasteiger partial charge in [-0.25, -0.2) is 4.79 Å². The summed E-state index contributed by atoms with van der Waals surface area (Å²) in [5, 5.41) is 19.6. The van der Waals surface area contributed by atoms with Crippen molar-refractivity contribution in [2.75, 3.05) is 6.61 Å². The Balaban J connectivity index is 1.90. The van der Waals surface area contributed by atoms with E-state index in [4.69, 9.17) is 14.6 Å². The van der Waals surface area contributed by atoms with Gasteiger partial charge in [0.2, 0.25) is 5.91 Å². The highest BCUT2D eigenvalue weighted by atomic mass is 16.4. The van der Waals surface area contributed by atoms with Crippen LogP contribution in [-0.2, 0) is 9.59 Å². The molecule has 0 aromatic carbocycles. The SMILES string of the molecule is CC1CC1c1ccc(/C=C/C(=O)NC(CO)C(=O)O)o1. The van der Waals surface area contributed by atoms with Gasteiger partial charge in [-0.2, -0.15) is 0 Å². The first-order chi connectivity index (χ1) is 9.51. The van der Waals surface area contributed by atoms with E-state index < -0.39 is 24.5 Å². The summed E-state index contributed by atoms with van der Waals surface area (Å²) in [5.74, 6) is 0.696. The third kappa shape index (κ3) is 3.48. The first-order valence-electron chi connectivity index (χ1n) is 6.43. The summed E-state index contributed by atoms with van der Waals surface area (Å²) in [7, 11) is 0. The van der Waals surface area contributed by atoms with Gasteiger partial charge in [0.05, 0.1) is 6.61 Å². The van der Waals surface area contributed by atoms with Crippen LogP contribution in [0.3, 0.4) is 0 Å². The van der Waals surface area contributed by atoms with Crippen molar-refractivity contribution in [1.29, 1.82) is 0 Å². The highest BCUT2D eigenvalue weighted by Gasteiger charge is 2.36. The maximum absolute atomic E-state index is 11.5. The molecule has 1 aromatic rings. The normalized spacial score (nSPS) is 22.7. The number of aliphatic hydroxyl groups is 1. The second kappa shape index (κ2) is 5.92.